The number of benzene rings is 1. The number of H-pyrrole nitrogens is 1. The first-order valence-corrected chi connectivity index (χ1v) is 11.5. The molecule has 0 saturated heterocycles. The Morgan fingerprint density at radius 2 is 1.79 bits per heavy atom. The summed E-state index contributed by atoms with van der Waals surface area (Å²) in [6.45, 7) is 0. The minimum Gasteiger partial charge on any atom is -0.465 e. The van der Waals surface area contributed by atoms with E-state index in [1.165, 1.54) is 12.1 Å². The molecule has 174 valence electrons. The molecule has 34 heavy (non-hydrogen) atoms. The molecule has 5 rings (SSSR count). The summed E-state index contributed by atoms with van der Waals surface area (Å²) in [5.74, 6) is 0.562. The van der Waals surface area contributed by atoms with Crippen LogP contribution < -0.4 is 10.6 Å². The second kappa shape index (κ2) is 9.51. The second-order valence-corrected chi connectivity index (χ2v) is 8.81. The number of anilines is 1. The number of carboxylic acid groups (broad SMARTS) is 1. The Bertz CT molecular complexity index is 1300. The summed E-state index contributed by atoms with van der Waals surface area (Å²) in [6.07, 6.45) is 8.73. The molecule has 0 bridgehead atoms. The average molecular weight is 460 g/mol. The quantitative estimate of drug-likeness (QED) is 0.311. The predicted molar refractivity (Wildman–Crippen MR) is 129 cm³/mol. The summed E-state index contributed by atoms with van der Waals surface area (Å²) in [6, 6.07) is 13.0. The van der Waals surface area contributed by atoms with Gasteiger partial charge in [-0.3, -0.25) is 0 Å². The molecule has 1 saturated carbocycles. The van der Waals surface area contributed by atoms with E-state index < -0.39 is 6.09 Å². The van der Waals surface area contributed by atoms with Gasteiger partial charge in [-0.05, 0) is 79.1 Å². The van der Waals surface area contributed by atoms with E-state index in [4.69, 9.17) is 5.11 Å². The van der Waals surface area contributed by atoms with Gasteiger partial charge in [0.1, 0.15) is 17.3 Å². The summed E-state index contributed by atoms with van der Waals surface area (Å²) in [5.41, 5.74) is 4.97. The zero-order chi connectivity index (χ0) is 23.5. The maximum absolute atomic E-state index is 13.3. The van der Waals surface area contributed by atoms with Gasteiger partial charge in [0.05, 0.1) is 0 Å². The predicted octanol–water partition coefficient (Wildman–Crippen LogP) is 5.35. The maximum Gasteiger partial charge on any atom is 0.404 e. The summed E-state index contributed by atoms with van der Waals surface area (Å²) < 4.78 is 13.3. The van der Waals surface area contributed by atoms with Crippen molar-refractivity contribution in [2.45, 2.75) is 44.2 Å². The summed E-state index contributed by atoms with van der Waals surface area (Å²) in [5, 5.41) is 16.0. The van der Waals surface area contributed by atoms with Crippen LogP contribution in [-0.2, 0) is 6.42 Å². The Morgan fingerprint density at radius 3 is 2.56 bits per heavy atom. The van der Waals surface area contributed by atoms with Crippen molar-refractivity contribution < 1.29 is 14.3 Å². The Kier molecular flexibility index (Phi) is 6.12. The summed E-state index contributed by atoms with van der Waals surface area (Å²) in [7, 11) is 0. The van der Waals surface area contributed by atoms with Crippen molar-refractivity contribution in [3.63, 3.8) is 0 Å². The van der Waals surface area contributed by atoms with Crippen molar-refractivity contribution in [3.05, 3.63) is 78.0 Å². The monoisotopic (exact) mass is 459 g/mol. The number of fused-ring (bicyclic) bond motifs is 1. The Labute approximate surface area is 196 Å². The summed E-state index contributed by atoms with van der Waals surface area (Å²) >= 11 is 0. The van der Waals surface area contributed by atoms with Crippen molar-refractivity contribution in [3.8, 4) is 11.1 Å². The van der Waals surface area contributed by atoms with Gasteiger partial charge in [-0.25, -0.2) is 19.2 Å². The molecule has 1 aliphatic carbocycles. The Morgan fingerprint density at radius 1 is 1.03 bits per heavy atom. The number of pyridine rings is 2. The Hall–Kier alpha value is -3.94. The molecule has 0 radical (unpaired) electrons. The van der Waals surface area contributed by atoms with Gasteiger partial charge in [0.2, 0.25) is 0 Å². The van der Waals surface area contributed by atoms with Gasteiger partial charge in [-0.1, -0.05) is 12.1 Å². The molecule has 0 spiro atoms. The lowest BCUT2D eigenvalue weighted by atomic mass is 9.91. The zero-order valence-electron chi connectivity index (χ0n) is 18.6. The molecular weight excluding hydrogens is 433 g/mol. The highest BCUT2D eigenvalue weighted by Crippen LogP contribution is 2.28. The number of hydrogen-bond acceptors (Lipinski definition) is 4. The van der Waals surface area contributed by atoms with E-state index in [2.05, 4.69) is 31.7 Å². The van der Waals surface area contributed by atoms with Gasteiger partial charge in [0, 0.05) is 41.6 Å². The molecule has 3 heterocycles. The fourth-order valence-electron chi connectivity index (χ4n) is 4.64. The molecule has 0 aliphatic heterocycles. The van der Waals surface area contributed by atoms with Crippen LogP contribution in [0.15, 0.2) is 61.1 Å². The number of amides is 1. The van der Waals surface area contributed by atoms with E-state index in [9.17, 15) is 9.18 Å². The van der Waals surface area contributed by atoms with E-state index in [0.29, 0.717) is 6.42 Å². The molecule has 0 unspecified atom stereocenters. The molecule has 7 nitrogen and oxygen atoms in total. The normalized spacial score (nSPS) is 18.0. The van der Waals surface area contributed by atoms with Gasteiger partial charge < -0.3 is 20.7 Å². The molecule has 1 aromatic carbocycles. The highest BCUT2D eigenvalue weighted by molar-refractivity contribution is 5.85. The van der Waals surface area contributed by atoms with E-state index in [-0.39, 0.29) is 17.9 Å². The molecule has 4 aromatic rings. The molecule has 3 aromatic heterocycles. The largest absolute Gasteiger partial charge is 0.465 e. The molecule has 1 aliphatic rings. The SMILES string of the molecule is O=C(O)N[C@H]1CC[C@H](Nc2cc(-c3cnc4[nH]cc(Cc5ccc(F)cc5)c4c3)ccn2)CC1. The first kappa shape index (κ1) is 21.9. The van der Waals surface area contributed by atoms with E-state index >= 15 is 0 Å². The standard InChI is InChI=1S/C26H26FN5O2/c27-20-3-1-16(2-4-20)11-19-15-30-25-23(19)12-18(14-29-25)17-9-10-28-24(13-17)31-21-5-7-22(8-6-21)32-26(33)34/h1-4,9-10,12-15,21-22,32H,5-8,11H2,(H,28,31)(H,29,30)(H,33,34)/t21-,22-. The highest BCUT2D eigenvalue weighted by atomic mass is 19.1. The first-order valence-electron chi connectivity index (χ1n) is 11.5. The number of nitrogens with one attached hydrogen (secondary N) is 3. The number of hydrogen-bond donors (Lipinski definition) is 4. The third kappa shape index (κ3) is 5.01. The number of halogens is 1. The highest BCUT2D eigenvalue weighted by Gasteiger charge is 2.22. The van der Waals surface area contributed by atoms with Crippen LogP contribution in [0.5, 0.6) is 0 Å². The number of carbonyl (C=O) groups is 1. The smallest absolute Gasteiger partial charge is 0.404 e. The summed E-state index contributed by atoms with van der Waals surface area (Å²) in [4.78, 5) is 23.2. The minimum absolute atomic E-state index is 0.0260. The van der Waals surface area contributed by atoms with Crippen LogP contribution in [0.4, 0.5) is 15.0 Å². The molecule has 4 N–H and O–H groups in total. The van der Waals surface area contributed by atoms with Gasteiger partial charge in [0.15, 0.2) is 0 Å². The van der Waals surface area contributed by atoms with E-state index in [1.807, 2.05) is 24.5 Å². The van der Waals surface area contributed by atoms with E-state index in [0.717, 1.165) is 64.8 Å². The van der Waals surface area contributed by atoms with Crippen LogP contribution in [0.1, 0.15) is 36.8 Å². The van der Waals surface area contributed by atoms with E-state index in [1.54, 1.807) is 18.3 Å². The number of aromatic nitrogens is 3. The topological polar surface area (TPSA) is 103 Å². The molecule has 1 fully saturated rings. The van der Waals surface area contributed by atoms with Gasteiger partial charge in [0.25, 0.3) is 0 Å². The lowest BCUT2D eigenvalue weighted by Gasteiger charge is -2.29. The number of nitrogens with zero attached hydrogens (tertiary/aromatic N) is 2. The van der Waals surface area contributed by atoms with Crippen LogP contribution in [0.2, 0.25) is 0 Å². The third-order valence-electron chi connectivity index (χ3n) is 6.42. The van der Waals surface area contributed by atoms with Crippen LogP contribution in [0.25, 0.3) is 22.2 Å². The van der Waals surface area contributed by atoms with Crippen LogP contribution >= 0.6 is 0 Å². The molecule has 8 heteroatoms. The molecule has 0 atom stereocenters. The van der Waals surface area contributed by atoms with Crippen molar-refractivity contribution in [2.75, 3.05) is 5.32 Å². The fraction of sp³-hybridized carbons (Fsp3) is 0.269. The van der Waals surface area contributed by atoms with Gasteiger partial charge in [-0.2, -0.15) is 0 Å². The van der Waals surface area contributed by atoms with Crippen molar-refractivity contribution in [1.29, 1.82) is 0 Å². The Balaban J connectivity index is 1.31. The third-order valence-corrected chi connectivity index (χ3v) is 6.42. The average Bonchev–Trinajstić information content (AvgIpc) is 3.23. The lowest BCUT2D eigenvalue weighted by Crippen LogP contribution is -2.39. The fourth-order valence-corrected chi connectivity index (χ4v) is 4.64. The maximum atomic E-state index is 13.3. The van der Waals surface area contributed by atoms with Crippen molar-refractivity contribution in [1.82, 2.24) is 20.3 Å². The zero-order valence-corrected chi connectivity index (χ0v) is 18.6. The van der Waals surface area contributed by atoms with Crippen LogP contribution in [0, 0.1) is 5.82 Å². The van der Waals surface area contributed by atoms with Gasteiger partial charge >= 0.3 is 6.09 Å². The molecule has 1 amide bonds. The van der Waals surface area contributed by atoms with Crippen LogP contribution in [0.3, 0.4) is 0 Å². The lowest BCUT2D eigenvalue weighted by molar-refractivity contribution is 0.185. The second-order valence-electron chi connectivity index (χ2n) is 8.81. The molecular formula is C26H26FN5O2. The number of aromatic amines is 1. The van der Waals surface area contributed by atoms with Crippen molar-refractivity contribution >= 4 is 22.9 Å². The van der Waals surface area contributed by atoms with Crippen molar-refractivity contribution in [2.24, 2.45) is 0 Å². The number of rotatable bonds is 6. The van der Waals surface area contributed by atoms with Crippen LogP contribution in [-0.4, -0.2) is 38.2 Å². The van der Waals surface area contributed by atoms with Gasteiger partial charge in [-0.15, -0.1) is 0 Å². The minimum atomic E-state index is -0.959. The first-order chi connectivity index (χ1) is 16.5.